The summed E-state index contributed by atoms with van der Waals surface area (Å²) in [6.07, 6.45) is 1.53. The standard InChI is InChI=1S/C26H37N7O/c1-25(2,3)19-33(23-11-12-28-22(17-27)29-23)30-24(34)26(4,5)21-9-7-20(8-10-21)18-32-15-13-31(6)14-16-32/h7-12H,13-16,18-19H2,1-6H3,(H,30,34). The Morgan fingerprint density at radius 2 is 1.74 bits per heavy atom. The molecule has 1 aliphatic heterocycles. The lowest BCUT2D eigenvalue weighted by atomic mass is 9.83. The van der Waals surface area contributed by atoms with Crippen LogP contribution in [0, 0.1) is 16.7 Å². The third-order valence-electron chi connectivity index (χ3n) is 6.13. The number of amides is 1. The zero-order chi connectivity index (χ0) is 24.9. The highest BCUT2D eigenvalue weighted by molar-refractivity contribution is 5.88. The summed E-state index contributed by atoms with van der Waals surface area (Å²) in [7, 11) is 2.16. The topological polar surface area (TPSA) is 88.4 Å². The van der Waals surface area contributed by atoms with Gasteiger partial charge in [0.2, 0.25) is 11.7 Å². The zero-order valence-electron chi connectivity index (χ0n) is 21.3. The number of hydrogen-bond acceptors (Lipinski definition) is 7. The minimum Gasteiger partial charge on any atom is -0.304 e. The number of carbonyl (C=O) groups is 1. The van der Waals surface area contributed by atoms with Crippen molar-refractivity contribution in [1.82, 2.24) is 25.2 Å². The molecular weight excluding hydrogens is 426 g/mol. The van der Waals surface area contributed by atoms with E-state index in [9.17, 15) is 10.1 Å². The van der Waals surface area contributed by atoms with Gasteiger partial charge < -0.3 is 4.90 Å². The van der Waals surface area contributed by atoms with Crippen LogP contribution in [0.2, 0.25) is 0 Å². The van der Waals surface area contributed by atoms with Crippen LogP contribution in [0.3, 0.4) is 0 Å². The minimum absolute atomic E-state index is 0.0702. The van der Waals surface area contributed by atoms with Gasteiger partial charge in [-0.15, -0.1) is 0 Å². The summed E-state index contributed by atoms with van der Waals surface area (Å²) in [5.74, 6) is 0.426. The number of nitrogens with one attached hydrogen (secondary N) is 1. The Bertz CT molecular complexity index is 1010. The van der Waals surface area contributed by atoms with E-state index in [4.69, 9.17) is 0 Å². The van der Waals surface area contributed by atoms with E-state index in [0.29, 0.717) is 12.4 Å². The van der Waals surface area contributed by atoms with Crippen molar-refractivity contribution in [3.63, 3.8) is 0 Å². The first-order valence-electron chi connectivity index (χ1n) is 11.8. The van der Waals surface area contributed by atoms with Crippen LogP contribution in [0.25, 0.3) is 0 Å². The smallest absolute Gasteiger partial charge is 0.248 e. The highest BCUT2D eigenvalue weighted by Crippen LogP contribution is 2.26. The van der Waals surface area contributed by atoms with Crippen molar-refractivity contribution in [2.24, 2.45) is 5.41 Å². The summed E-state index contributed by atoms with van der Waals surface area (Å²) in [6, 6.07) is 12.0. The highest BCUT2D eigenvalue weighted by Gasteiger charge is 2.32. The second-order valence-corrected chi connectivity index (χ2v) is 10.8. The molecule has 3 rings (SSSR count). The predicted molar refractivity (Wildman–Crippen MR) is 134 cm³/mol. The molecule has 0 spiro atoms. The van der Waals surface area contributed by atoms with Gasteiger partial charge in [-0.2, -0.15) is 10.2 Å². The van der Waals surface area contributed by atoms with Crippen LogP contribution in [0.1, 0.15) is 51.6 Å². The molecule has 0 aliphatic carbocycles. The lowest BCUT2D eigenvalue weighted by molar-refractivity contribution is -0.125. The summed E-state index contributed by atoms with van der Waals surface area (Å²) in [5, 5.41) is 10.9. The second-order valence-electron chi connectivity index (χ2n) is 10.8. The fraction of sp³-hybridized carbons (Fsp3) is 0.538. The molecule has 1 aliphatic rings. The molecule has 8 nitrogen and oxygen atoms in total. The van der Waals surface area contributed by atoms with Crippen LogP contribution in [0.4, 0.5) is 5.82 Å². The van der Waals surface area contributed by atoms with E-state index in [1.165, 1.54) is 11.8 Å². The Morgan fingerprint density at radius 1 is 1.09 bits per heavy atom. The number of aromatic nitrogens is 2. The summed E-state index contributed by atoms with van der Waals surface area (Å²) in [4.78, 5) is 26.5. The van der Waals surface area contributed by atoms with Gasteiger partial charge in [0, 0.05) is 51.5 Å². The number of nitrogens with zero attached hydrogens (tertiary/aromatic N) is 6. The predicted octanol–water partition coefficient (Wildman–Crippen LogP) is 2.96. The molecule has 0 unspecified atom stereocenters. The number of nitriles is 1. The maximum Gasteiger partial charge on any atom is 0.248 e. The molecule has 0 atom stereocenters. The number of hydrogen-bond donors (Lipinski definition) is 1. The van der Waals surface area contributed by atoms with Crippen molar-refractivity contribution in [1.29, 1.82) is 5.26 Å². The first-order chi connectivity index (χ1) is 16.0. The quantitative estimate of drug-likeness (QED) is 0.632. The largest absolute Gasteiger partial charge is 0.304 e. The molecule has 0 bridgehead atoms. The highest BCUT2D eigenvalue weighted by atomic mass is 16.2. The van der Waals surface area contributed by atoms with Crippen LogP contribution in [-0.2, 0) is 16.8 Å². The molecule has 34 heavy (non-hydrogen) atoms. The first kappa shape index (κ1) is 25.6. The van der Waals surface area contributed by atoms with Crippen LogP contribution in [0.5, 0.6) is 0 Å². The van der Waals surface area contributed by atoms with Gasteiger partial charge in [0.15, 0.2) is 5.82 Å². The number of likely N-dealkylation sites (N-methyl/N-ethyl adjacent to an activating group) is 1. The van der Waals surface area contributed by atoms with E-state index < -0.39 is 5.41 Å². The molecular formula is C26H37N7O. The van der Waals surface area contributed by atoms with Crippen LogP contribution in [0.15, 0.2) is 36.5 Å². The average molecular weight is 464 g/mol. The third-order valence-corrected chi connectivity index (χ3v) is 6.13. The molecule has 1 fully saturated rings. The van der Waals surface area contributed by atoms with Crippen molar-refractivity contribution in [3.05, 3.63) is 53.5 Å². The normalized spacial score (nSPS) is 15.6. The Hall–Kier alpha value is -3.02. The number of hydrazine groups is 1. The monoisotopic (exact) mass is 463 g/mol. The maximum absolute atomic E-state index is 13.4. The molecule has 0 saturated carbocycles. The molecule has 0 radical (unpaired) electrons. The van der Waals surface area contributed by atoms with Crippen molar-refractivity contribution in [2.75, 3.05) is 44.8 Å². The van der Waals surface area contributed by atoms with Crippen LogP contribution >= 0.6 is 0 Å². The minimum atomic E-state index is -0.756. The summed E-state index contributed by atoms with van der Waals surface area (Å²) < 4.78 is 0. The summed E-state index contributed by atoms with van der Waals surface area (Å²) >= 11 is 0. The van der Waals surface area contributed by atoms with Crippen molar-refractivity contribution in [3.8, 4) is 6.07 Å². The molecule has 2 aromatic rings. The van der Waals surface area contributed by atoms with E-state index in [0.717, 1.165) is 38.3 Å². The zero-order valence-corrected chi connectivity index (χ0v) is 21.3. The SMILES string of the molecule is CN1CCN(Cc2ccc(C(C)(C)C(=O)NN(CC(C)(C)C)c3ccnc(C#N)n3)cc2)CC1. The van der Waals surface area contributed by atoms with Crippen LogP contribution in [-0.4, -0.2) is 65.4 Å². The molecule has 1 N–H and O–H groups in total. The summed E-state index contributed by atoms with van der Waals surface area (Å²) in [6.45, 7) is 15.9. The van der Waals surface area contributed by atoms with E-state index in [-0.39, 0.29) is 17.1 Å². The van der Waals surface area contributed by atoms with Crippen molar-refractivity contribution < 1.29 is 4.79 Å². The Morgan fingerprint density at radius 3 is 2.32 bits per heavy atom. The fourth-order valence-corrected chi connectivity index (χ4v) is 3.89. The van der Waals surface area contributed by atoms with Gasteiger partial charge in [-0.25, -0.2) is 4.98 Å². The Kier molecular flexibility index (Phi) is 7.90. The van der Waals surface area contributed by atoms with Crippen molar-refractivity contribution in [2.45, 2.75) is 46.6 Å². The number of anilines is 1. The maximum atomic E-state index is 13.4. The average Bonchev–Trinajstić information content (AvgIpc) is 2.79. The van der Waals surface area contributed by atoms with Gasteiger partial charge in [-0.05, 0) is 37.4 Å². The molecule has 1 saturated heterocycles. The molecule has 8 heteroatoms. The third kappa shape index (κ3) is 6.75. The lowest BCUT2D eigenvalue weighted by Gasteiger charge is -2.34. The molecule has 2 heterocycles. The second kappa shape index (κ2) is 10.5. The fourth-order valence-electron chi connectivity index (χ4n) is 3.89. The molecule has 1 aromatic carbocycles. The Labute approximate surface area is 203 Å². The lowest BCUT2D eigenvalue weighted by Crippen LogP contribution is -2.52. The van der Waals surface area contributed by atoms with Gasteiger partial charge in [0.1, 0.15) is 6.07 Å². The van der Waals surface area contributed by atoms with Gasteiger partial charge in [0.05, 0.1) is 5.41 Å². The van der Waals surface area contributed by atoms with Crippen LogP contribution < -0.4 is 10.4 Å². The number of carbonyl (C=O) groups excluding carboxylic acids is 1. The van der Waals surface area contributed by atoms with Crippen molar-refractivity contribution >= 4 is 11.7 Å². The molecule has 182 valence electrons. The van der Waals surface area contributed by atoms with E-state index in [2.05, 4.69) is 77.3 Å². The number of piperazine rings is 1. The first-order valence-corrected chi connectivity index (χ1v) is 11.8. The van der Waals surface area contributed by atoms with E-state index in [1.807, 2.05) is 19.9 Å². The molecule has 1 amide bonds. The van der Waals surface area contributed by atoms with Gasteiger partial charge in [-0.1, -0.05) is 45.0 Å². The Balaban J connectivity index is 1.73. The van der Waals surface area contributed by atoms with E-state index in [1.54, 1.807) is 11.1 Å². The number of rotatable bonds is 7. The summed E-state index contributed by atoms with van der Waals surface area (Å²) in [5.41, 5.74) is 4.38. The number of benzene rings is 1. The van der Waals surface area contributed by atoms with Gasteiger partial charge in [-0.3, -0.25) is 20.1 Å². The molecule has 1 aromatic heterocycles. The van der Waals surface area contributed by atoms with Gasteiger partial charge in [0.25, 0.3) is 0 Å². The van der Waals surface area contributed by atoms with E-state index >= 15 is 0 Å². The van der Waals surface area contributed by atoms with Gasteiger partial charge >= 0.3 is 0 Å².